The van der Waals surface area contributed by atoms with E-state index in [0.717, 1.165) is 38.5 Å². The molecule has 138 valence electrons. The van der Waals surface area contributed by atoms with E-state index in [-0.39, 0.29) is 11.5 Å². The molecule has 2 rings (SSSR count). The zero-order chi connectivity index (χ0) is 19.5. The maximum absolute atomic E-state index is 13.1. The Bertz CT molecular complexity index is 850. The van der Waals surface area contributed by atoms with Crippen LogP contribution in [-0.4, -0.2) is 25.1 Å². The molecule has 0 aromatic heterocycles. The molecule has 0 amide bonds. The maximum Gasteiger partial charge on any atom is 0.419 e. The molecule has 0 saturated carbocycles. The van der Waals surface area contributed by atoms with Gasteiger partial charge in [-0.25, -0.2) is 4.79 Å². The number of nitro groups is 1. The number of nitrogens with zero attached hydrogens (tertiary/aromatic N) is 1. The number of hydrogen-bond acceptors (Lipinski definition) is 6. The Hall–Kier alpha value is -3.30. The van der Waals surface area contributed by atoms with Crippen molar-refractivity contribution < 1.29 is 37.1 Å². The third kappa shape index (κ3) is 3.85. The number of esters is 1. The van der Waals surface area contributed by atoms with Crippen molar-refractivity contribution in [2.24, 2.45) is 0 Å². The van der Waals surface area contributed by atoms with E-state index in [1.165, 1.54) is 12.1 Å². The second kappa shape index (κ2) is 7.30. The first-order valence-corrected chi connectivity index (χ1v) is 6.97. The Labute approximate surface area is 145 Å². The fourth-order valence-electron chi connectivity index (χ4n) is 2.12. The van der Waals surface area contributed by atoms with Gasteiger partial charge in [0.1, 0.15) is 11.3 Å². The van der Waals surface area contributed by atoms with Gasteiger partial charge in [0.15, 0.2) is 11.5 Å². The summed E-state index contributed by atoms with van der Waals surface area (Å²) in [6.45, 7) is 0. The Balaban J connectivity index is 2.60. The summed E-state index contributed by atoms with van der Waals surface area (Å²) < 4.78 is 53.9. The summed E-state index contributed by atoms with van der Waals surface area (Å²) in [7, 11) is 2.16. The monoisotopic (exact) mass is 371 g/mol. The van der Waals surface area contributed by atoms with Crippen molar-refractivity contribution in [2.75, 3.05) is 14.2 Å². The highest BCUT2D eigenvalue weighted by Gasteiger charge is 2.35. The molecule has 0 spiro atoms. The Morgan fingerprint density at radius 1 is 1.08 bits per heavy atom. The number of benzene rings is 2. The van der Waals surface area contributed by atoms with Crippen LogP contribution >= 0.6 is 0 Å². The number of alkyl halides is 3. The average molecular weight is 371 g/mol. The lowest BCUT2D eigenvalue weighted by atomic mass is 10.1. The standard InChI is InChI=1S/C16H12F3NO6/c1-24-13-8-11(20(22)23)9(15(21)25-2)7-14(13)26-12-6-4-3-5-10(12)16(17,18)19/h3-8H,1-2H3. The molecule has 0 radical (unpaired) electrons. The first kappa shape index (κ1) is 19.0. The second-order valence-electron chi connectivity index (χ2n) is 4.86. The SMILES string of the molecule is COC(=O)c1cc(Oc2ccccc2C(F)(F)F)c(OC)cc1[N+](=O)[O-]. The molecule has 26 heavy (non-hydrogen) atoms. The highest BCUT2D eigenvalue weighted by atomic mass is 19.4. The number of ether oxygens (including phenoxy) is 3. The molecule has 2 aromatic carbocycles. The van der Waals surface area contributed by atoms with E-state index in [2.05, 4.69) is 4.74 Å². The molecule has 0 aliphatic rings. The minimum absolute atomic E-state index is 0.221. The van der Waals surface area contributed by atoms with Crippen molar-refractivity contribution in [3.05, 3.63) is 57.6 Å². The molecular weight excluding hydrogens is 359 g/mol. The van der Waals surface area contributed by atoms with Crippen molar-refractivity contribution >= 4 is 11.7 Å². The van der Waals surface area contributed by atoms with Crippen molar-refractivity contribution in [1.82, 2.24) is 0 Å². The molecule has 0 heterocycles. The predicted octanol–water partition coefficient (Wildman–Crippen LogP) is 4.20. The highest BCUT2D eigenvalue weighted by Crippen LogP contribution is 2.42. The number of carbonyl (C=O) groups excluding carboxylic acids is 1. The van der Waals surface area contributed by atoms with Crippen LogP contribution in [0.25, 0.3) is 0 Å². The number of carbonyl (C=O) groups is 1. The molecule has 0 atom stereocenters. The molecule has 10 heteroatoms. The smallest absolute Gasteiger partial charge is 0.419 e. The Morgan fingerprint density at radius 3 is 2.27 bits per heavy atom. The van der Waals surface area contributed by atoms with Crippen LogP contribution < -0.4 is 9.47 Å². The fourth-order valence-corrected chi connectivity index (χ4v) is 2.12. The quantitative estimate of drug-likeness (QED) is 0.445. The van der Waals surface area contributed by atoms with Gasteiger partial charge >= 0.3 is 12.1 Å². The third-order valence-corrected chi connectivity index (χ3v) is 3.30. The van der Waals surface area contributed by atoms with Gasteiger partial charge in [0.2, 0.25) is 0 Å². The number of para-hydroxylation sites is 1. The van der Waals surface area contributed by atoms with E-state index >= 15 is 0 Å². The van der Waals surface area contributed by atoms with Crippen LogP contribution in [-0.2, 0) is 10.9 Å². The van der Waals surface area contributed by atoms with Gasteiger partial charge in [-0.15, -0.1) is 0 Å². The van der Waals surface area contributed by atoms with Gasteiger partial charge in [-0.1, -0.05) is 12.1 Å². The lowest BCUT2D eigenvalue weighted by Crippen LogP contribution is -2.09. The first-order chi connectivity index (χ1) is 12.2. The van der Waals surface area contributed by atoms with Crippen LogP contribution in [0.2, 0.25) is 0 Å². The predicted molar refractivity (Wildman–Crippen MR) is 82.5 cm³/mol. The highest BCUT2D eigenvalue weighted by molar-refractivity contribution is 5.95. The lowest BCUT2D eigenvalue weighted by molar-refractivity contribution is -0.385. The minimum Gasteiger partial charge on any atom is -0.493 e. The topological polar surface area (TPSA) is 87.9 Å². The van der Waals surface area contributed by atoms with E-state index in [0.29, 0.717) is 0 Å². The maximum atomic E-state index is 13.1. The summed E-state index contributed by atoms with van der Waals surface area (Å²) in [5.74, 6) is -2.13. The minimum atomic E-state index is -4.68. The van der Waals surface area contributed by atoms with Crippen LogP contribution in [0.5, 0.6) is 17.2 Å². The van der Waals surface area contributed by atoms with Crippen LogP contribution in [0.15, 0.2) is 36.4 Å². The van der Waals surface area contributed by atoms with Crippen molar-refractivity contribution in [3.63, 3.8) is 0 Å². The van der Waals surface area contributed by atoms with Crippen molar-refractivity contribution in [2.45, 2.75) is 6.18 Å². The Morgan fingerprint density at radius 2 is 1.73 bits per heavy atom. The molecule has 0 bridgehead atoms. The summed E-state index contributed by atoms with van der Waals surface area (Å²) in [4.78, 5) is 22.0. The molecule has 0 N–H and O–H groups in total. The van der Waals surface area contributed by atoms with Crippen LogP contribution in [0.4, 0.5) is 18.9 Å². The second-order valence-corrected chi connectivity index (χ2v) is 4.86. The number of hydrogen-bond donors (Lipinski definition) is 0. The molecule has 0 aliphatic carbocycles. The van der Waals surface area contributed by atoms with Gasteiger partial charge in [0.25, 0.3) is 5.69 Å². The molecular formula is C16H12F3NO6. The van der Waals surface area contributed by atoms with Gasteiger partial charge in [-0.05, 0) is 12.1 Å². The van der Waals surface area contributed by atoms with E-state index in [4.69, 9.17) is 9.47 Å². The first-order valence-electron chi connectivity index (χ1n) is 6.97. The van der Waals surface area contributed by atoms with Crippen molar-refractivity contribution in [1.29, 1.82) is 0 Å². The molecule has 2 aromatic rings. The van der Waals surface area contributed by atoms with E-state index < -0.39 is 39.6 Å². The Kier molecular flexibility index (Phi) is 5.34. The number of nitro benzene ring substituents is 1. The molecule has 0 unspecified atom stereocenters. The number of rotatable bonds is 5. The van der Waals surface area contributed by atoms with Gasteiger partial charge in [-0.2, -0.15) is 13.2 Å². The third-order valence-electron chi connectivity index (χ3n) is 3.30. The van der Waals surface area contributed by atoms with E-state index in [9.17, 15) is 28.1 Å². The van der Waals surface area contributed by atoms with Crippen LogP contribution in [0.1, 0.15) is 15.9 Å². The number of halogens is 3. The fraction of sp³-hybridized carbons (Fsp3) is 0.188. The molecule has 0 saturated heterocycles. The van der Waals surface area contributed by atoms with Gasteiger partial charge in [0.05, 0.1) is 30.8 Å². The summed E-state index contributed by atoms with van der Waals surface area (Å²) >= 11 is 0. The normalized spacial score (nSPS) is 11.0. The van der Waals surface area contributed by atoms with E-state index in [1.54, 1.807) is 0 Å². The largest absolute Gasteiger partial charge is 0.493 e. The molecule has 0 aliphatic heterocycles. The molecule has 7 nitrogen and oxygen atoms in total. The van der Waals surface area contributed by atoms with Crippen LogP contribution in [0.3, 0.4) is 0 Å². The van der Waals surface area contributed by atoms with Gasteiger partial charge in [-0.3, -0.25) is 10.1 Å². The summed E-state index contributed by atoms with van der Waals surface area (Å²) in [6.07, 6.45) is -4.68. The van der Waals surface area contributed by atoms with Crippen LogP contribution in [0, 0.1) is 10.1 Å². The van der Waals surface area contributed by atoms with Crippen molar-refractivity contribution in [3.8, 4) is 17.2 Å². The summed E-state index contributed by atoms with van der Waals surface area (Å²) in [6, 6.07) is 6.16. The van der Waals surface area contributed by atoms with Gasteiger partial charge < -0.3 is 14.2 Å². The van der Waals surface area contributed by atoms with Gasteiger partial charge in [0, 0.05) is 6.07 Å². The zero-order valence-electron chi connectivity index (χ0n) is 13.5. The van der Waals surface area contributed by atoms with E-state index in [1.807, 2.05) is 0 Å². The summed E-state index contributed by atoms with van der Waals surface area (Å²) in [5.41, 5.74) is -2.18. The zero-order valence-corrected chi connectivity index (χ0v) is 13.5. The number of methoxy groups -OCH3 is 2. The lowest BCUT2D eigenvalue weighted by Gasteiger charge is -2.16. The molecule has 0 fully saturated rings. The summed E-state index contributed by atoms with van der Waals surface area (Å²) in [5, 5.41) is 11.1. The average Bonchev–Trinajstić information content (AvgIpc) is 2.60.